The molecule has 7 heteroatoms. The number of halogens is 1. The highest BCUT2D eigenvalue weighted by atomic mass is 35.5. The average molecular weight is 373 g/mol. The van der Waals surface area contributed by atoms with E-state index in [1.807, 2.05) is 31.2 Å². The summed E-state index contributed by atoms with van der Waals surface area (Å²) in [7, 11) is 1.60. The summed E-state index contributed by atoms with van der Waals surface area (Å²) in [5.41, 5.74) is 1.04. The van der Waals surface area contributed by atoms with Gasteiger partial charge in [0.1, 0.15) is 5.60 Å². The molecule has 2 N–H and O–H groups in total. The lowest BCUT2D eigenvalue weighted by Gasteiger charge is -2.34. The van der Waals surface area contributed by atoms with Gasteiger partial charge in [-0.05, 0) is 50.6 Å². The number of amides is 1. The van der Waals surface area contributed by atoms with Crippen LogP contribution in [0.15, 0.2) is 24.3 Å². The second-order valence-corrected chi connectivity index (χ2v) is 5.85. The van der Waals surface area contributed by atoms with E-state index in [4.69, 9.17) is 14.2 Å². The summed E-state index contributed by atoms with van der Waals surface area (Å²) < 4.78 is 16.4. The number of carbonyl (C=O) groups excluding carboxylic acids is 1. The first kappa shape index (κ1) is 21.9. The molecule has 6 nitrogen and oxygen atoms in total. The molecule has 1 aromatic rings. The third kappa shape index (κ3) is 6.56. The summed E-state index contributed by atoms with van der Waals surface area (Å²) >= 11 is 0. The molecule has 0 radical (unpaired) electrons. The lowest BCUT2D eigenvalue weighted by molar-refractivity contribution is -0.140. The molecule has 142 valence electrons. The van der Waals surface area contributed by atoms with Crippen molar-refractivity contribution < 1.29 is 19.0 Å². The summed E-state index contributed by atoms with van der Waals surface area (Å²) in [6, 6.07) is 7.71. The lowest BCUT2D eigenvalue weighted by atomic mass is 9.91. The Morgan fingerprint density at radius 3 is 2.64 bits per heavy atom. The molecule has 2 rings (SSSR count). The number of benzene rings is 1. The number of hydrogen-bond donors (Lipinski definition) is 2. The zero-order valence-corrected chi connectivity index (χ0v) is 15.8. The molecular weight excluding hydrogens is 344 g/mol. The molecule has 1 heterocycles. The summed E-state index contributed by atoms with van der Waals surface area (Å²) in [4.78, 5) is 12.7. The predicted molar refractivity (Wildman–Crippen MR) is 100 cm³/mol. The predicted octanol–water partition coefficient (Wildman–Crippen LogP) is 2.37. The zero-order valence-electron chi connectivity index (χ0n) is 15.0. The first-order valence-electron chi connectivity index (χ1n) is 8.52. The highest BCUT2D eigenvalue weighted by molar-refractivity contribution is 5.97. The van der Waals surface area contributed by atoms with E-state index in [1.165, 1.54) is 0 Å². The van der Waals surface area contributed by atoms with Gasteiger partial charge in [0.2, 0.25) is 0 Å². The molecule has 0 unspecified atom stereocenters. The fourth-order valence-electron chi connectivity index (χ4n) is 2.79. The van der Waals surface area contributed by atoms with Gasteiger partial charge in [0, 0.05) is 19.4 Å². The van der Waals surface area contributed by atoms with Gasteiger partial charge in [-0.2, -0.15) is 0 Å². The minimum atomic E-state index is -0.741. The van der Waals surface area contributed by atoms with Gasteiger partial charge in [-0.15, -0.1) is 12.4 Å². The number of rotatable bonds is 9. The first-order chi connectivity index (χ1) is 11.7. The number of ether oxygens (including phenoxy) is 3. The quantitative estimate of drug-likeness (QED) is 0.651. The third-order valence-electron chi connectivity index (χ3n) is 4.25. The largest absolute Gasteiger partial charge is 0.379 e. The molecule has 1 fully saturated rings. The molecule has 0 aliphatic carbocycles. The van der Waals surface area contributed by atoms with Gasteiger partial charge in [0.25, 0.3) is 5.91 Å². The number of anilines is 1. The Labute approximate surface area is 156 Å². The Morgan fingerprint density at radius 1 is 1.24 bits per heavy atom. The highest BCUT2D eigenvalue weighted by Crippen LogP contribution is 2.24. The van der Waals surface area contributed by atoms with Crippen LogP contribution in [0.5, 0.6) is 0 Å². The minimum Gasteiger partial charge on any atom is -0.379 e. The number of methoxy groups -OCH3 is 1. The van der Waals surface area contributed by atoms with Crippen LogP contribution in [0.4, 0.5) is 5.69 Å². The summed E-state index contributed by atoms with van der Waals surface area (Å²) in [5.74, 6) is -0.0825. The van der Waals surface area contributed by atoms with E-state index >= 15 is 0 Å². The number of carbonyl (C=O) groups is 1. The van der Waals surface area contributed by atoms with E-state index < -0.39 is 5.60 Å². The van der Waals surface area contributed by atoms with E-state index in [2.05, 4.69) is 10.6 Å². The van der Waals surface area contributed by atoms with Crippen LogP contribution in [0.25, 0.3) is 0 Å². The van der Waals surface area contributed by atoms with Crippen LogP contribution in [0.2, 0.25) is 0 Å². The Hall–Kier alpha value is -1.18. The molecular formula is C18H29ClN2O4. The average Bonchev–Trinajstić information content (AvgIpc) is 2.62. The number of nitrogens with one attached hydrogen (secondary N) is 2. The summed E-state index contributed by atoms with van der Waals surface area (Å²) in [5, 5.41) is 6.24. The van der Waals surface area contributed by atoms with Crippen molar-refractivity contribution in [3.05, 3.63) is 29.8 Å². The van der Waals surface area contributed by atoms with Crippen molar-refractivity contribution in [1.82, 2.24) is 5.32 Å². The standard InChI is InChI=1S/C18H28N2O4.ClH/c1-3-23-11-12-24-14-15-5-4-6-16(13-15)20-17(21)18(22-2)7-9-19-10-8-18;/h4-6,13,19H,3,7-12,14H2,1-2H3,(H,20,21);1H. The molecule has 0 atom stereocenters. The van der Waals surface area contributed by atoms with E-state index in [0.29, 0.717) is 39.3 Å². The summed E-state index contributed by atoms with van der Waals surface area (Å²) in [6.45, 7) is 5.88. The maximum absolute atomic E-state index is 12.7. The molecule has 1 saturated heterocycles. The normalized spacial score (nSPS) is 16.1. The lowest BCUT2D eigenvalue weighted by Crippen LogP contribution is -2.51. The molecule has 0 saturated carbocycles. The molecule has 0 spiro atoms. The summed E-state index contributed by atoms with van der Waals surface area (Å²) in [6.07, 6.45) is 1.35. The van der Waals surface area contributed by atoms with Crippen molar-refractivity contribution in [1.29, 1.82) is 0 Å². The van der Waals surface area contributed by atoms with Gasteiger partial charge in [-0.1, -0.05) is 12.1 Å². The van der Waals surface area contributed by atoms with Crippen molar-refractivity contribution in [2.24, 2.45) is 0 Å². The second-order valence-electron chi connectivity index (χ2n) is 5.85. The van der Waals surface area contributed by atoms with E-state index in [-0.39, 0.29) is 18.3 Å². The van der Waals surface area contributed by atoms with Crippen LogP contribution >= 0.6 is 12.4 Å². The maximum atomic E-state index is 12.7. The van der Waals surface area contributed by atoms with Crippen molar-refractivity contribution >= 4 is 24.0 Å². The van der Waals surface area contributed by atoms with Crippen LogP contribution in [0.3, 0.4) is 0 Å². The maximum Gasteiger partial charge on any atom is 0.256 e. The van der Waals surface area contributed by atoms with Gasteiger partial charge in [0.05, 0.1) is 19.8 Å². The van der Waals surface area contributed by atoms with Crippen molar-refractivity contribution in [2.75, 3.05) is 45.3 Å². The van der Waals surface area contributed by atoms with Gasteiger partial charge in [0.15, 0.2) is 0 Å². The Bertz CT molecular complexity index is 522. The van der Waals surface area contributed by atoms with Crippen LogP contribution in [0.1, 0.15) is 25.3 Å². The van der Waals surface area contributed by atoms with Gasteiger partial charge in [-0.3, -0.25) is 4.79 Å². The topological polar surface area (TPSA) is 68.8 Å². The highest BCUT2D eigenvalue weighted by Gasteiger charge is 2.39. The molecule has 1 aliphatic heterocycles. The van der Waals surface area contributed by atoms with Crippen LogP contribution in [0, 0.1) is 0 Å². The molecule has 1 aromatic carbocycles. The Kier molecular flexibility index (Phi) is 10.0. The van der Waals surface area contributed by atoms with Gasteiger partial charge >= 0.3 is 0 Å². The SMILES string of the molecule is CCOCCOCc1cccc(NC(=O)C2(OC)CCNCC2)c1.Cl. The molecule has 25 heavy (non-hydrogen) atoms. The molecule has 0 aromatic heterocycles. The fourth-order valence-corrected chi connectivity index (χ4v) is 2.79. The van der Waals surface area contributed by atoms with E-state index in [1.54, 1.807) is 7.11 Å². The van der Waals surface area contributed by atoms with E-state index in [9.17, 15) is 4.79 Å². The van der Waals surface area contributed by atoms with Gasteiger partial charge < -0.3 is 24.8 Å². The van der Waals surface area contributed by atoms with Crippen molar-refractivity contribution in [3.8, 4) is 0 Å². The first-order valence-corrected chi connectivity index (χ1v) is 8.52. The molecule has 0 bridgehead atoms. The number of hydrogen-bond acceptors (Lipinski definition) is 5. The Morgan fingerprint density at radius 2 is 1.96 bits per heavy atom. The third-order valence-corrected chi connectivity index (χ3v) is 4.25. The monoisotopic (exact) mass is 372 g/mol. The van der Waals surface area contributed by atoms with Gasteiger partial charge in [-0.25, -0.2) is 0 Å². The minimum absolute atomic E-state index is 0. The fraction of sp³-hybridized carbons (Fsp3) is 0.611. The zero-order chi connectivity index (χ0) is 17.3. The van der Waals surface area contributed by atoms with Crippen LogP contribution < -0.4 is 10.6 Å². The second kappa shape index (κ2) is 11.4. The number of piperidine rings is 1. The molecule has 1 amide bonds. The van der Waals surface area contributed by atoms with Crippen LogP contribution in [-0.4, -0.2) is 51.5 Å². The van der Waals surface area contributed by atoms with Crippen molar-refractivity contribution in [3.63, 3.8) is 0 Å². The Balaban J connectivity index is 0.00000312. The van der Waals surface area contributed by atoms with E-state index in [0.717, 1.165) is 24.3 Å². The smallest absolute Gasteiger partial charge is 0.256 e. The molecule has 1 aliphatic rings. The van der Waals surface area contributed by atoms with Crippen molar-refractivity contribution in [2.45, 2.75) is 32.0 Å². The van der Waals surface area contributed by atoms with Crippen LogP contribution in [-0.2, 0) is 25.6 Å².